The standard InChI is InChI=1S/C13H17N5OS/c1-18(2)10(11-5-4-8-20-11)9-14-13(19)16-12-6-3-7-15-17-12/h3-8,10H,9H2,1-2H3,(H2,14,16,17,19)/t10-/m1/s1. The molecule has 0 aliphatic rings. The van der Waals surface area contributed by atoms with Crippen LogP contribution in [0.15, 0.2) is 35.8 Å². The average molecular weight is 291 g/mol. The lowest BCUT2D eigenvalue weighted by atomic mass is 10.2. The molecule has 0 aliphatic carbocycles. The highest BCUT2D eigenvalue weighted by atomic mass is 32.1. The summed E-state index contributed by atoms with van der Waals surface area (Å²) in [5, 5.41) is 15.0. The lowest BCUT2D eigenvalue weighted by molar-refractivity contribution is 0.244. The fourth-order valence-electron chi connectivity index (χ4n) is 1.74. The van der Waals surface area contributed by atoms with Crippen molar-refractivity contribution in [1.29, 1.82) is 0 Å². The van der Waals surface area contributed by atoms with Gasteiger partial charge in [-0.3, -0.25) is 5.32 Å². The zero-order chi connectivity index (χ0) is 14.4. The predicted molar refractivity (Wildman–Crippen MR) is 79.8 cm³/mol. The molecule has 0 saturated carbocycles. The maximum atomic E-state index is 11.8. The van der Waals surface area contributed by atoms with Crippen LogP contribution in [0.3, 0.4) is 0 Å². The highest BCUT2D eigenvalue weighted by molar-refractivity contribution is 7.10. The molecule has 2 N–H and O–H groups in total. The fourth-order valence-corrected chi connectivity index (χ4v) is 2.66. The van der Waals surface area contributed by atoms with Crippen LogP contribution in [0, 0.1) is 0 Å². The third kappa shape index (κ3) is 4.01. The zero-order valence-corrected chi connectivity index (χ0v) is 12.2. The van der Waals surface area contributed by atoms with Crippen LogP contribution in [0.5, 0.6) is 0 Å². The van der Waals surface area contributed by atoms with E-state index in [1.807, 2.05) is 25.5 Å². The van der Waals surface area contributed by atoms with Gasteiger partial charge in [0.1, 0.15) is 0 Å². The van der Waals surface area contributed by atoms with Crippen molar-refractivity contribution >= 4 is 23.2 Å². The number of nitrogens with zero attached hydrogens (tertiary/aromatic N) is 3. The van der Waals surface area contributed by atoms with Crippen molar-refractivity contribution in [2.45, 2.75) is 6.04 Å². The lowest BCUT2D eigenvalue weighted by Crippen LogP contribution is -2.36. The molecule has 0 fully saturated rings. The smallest absolute Gasteiger partial charge is 0.320 e. The molecule has 2 aromatic rings. The lowest BCUT2D eigenvalue weighted by Gasteiger charge is -2.23. The normalized spacial score (nSPS) is 12.2. The van der Waals surface area contributed by atoms with E-state index in [4.69, 9.17) is 0 Å². The molecule has 2 rings (SSSR count). The first kappa shape index (κ1) is 14.4. The van der Waals surface area contributed by atoms with E-state index in [0.29, 0.717) is 12.4 Å². The maximum absolute atomic E-state index is 11.8. The van der Waals surface area contributed by atoms with Crippen molar-refractivity contribution in [3.05, 3.63) is 40.7 Å². The van der Waals surface area contributed by atoms with Gasteiger partial charge in [-0.2, -0.15) is 5.10 Å². The Morgan fingerprint density at radius 1 is 1.40 bits per heavy atom. The van der Waals surface area contributed by atoms with E-state index in [-0.39, 0.29) is 12.1 Å². The van der Waals surface area contributed by atoms with Crippen molar-refractivity contribution in [1.82, 2.24) is 20.4 Å². The Balaban J connectivity index is 1.88. The second-order valence-corrected chi connectivity index (χ2v) is 5.42. The van der Waals surface area contributed by atoms with Gasteiger partial charge in [-0.25, -0.2) is 4.79 Å². The van der Waals surface area contributed by atoms with Gasteiger partial charge < -0.3 is 10.2 Å². The number of amides is 2. The quantitative estimate of drug-likeness (QED) is 0.883. The molecule has 6 nitrogen and oxygen atoms in total. The number of likely N-dealkylation sites (N-methyl/N-ethyl adjacent to an activating group) is 1. The molecule has 0 unspecified atom stereocenters. The fraction of sp³-hybridized carbons (Fsp3) is 0.308. The number of urea groups is 1. The third-order valence-electron chi connectivity index (χ3n) is 2.76. The Morgan fingerprint density at radius 3 is 2.85 bits per heavy atom. The Morgan fingerprint density at radius 2 is 2.25 bits per heavy atom. The maximum Gasteiger partial charge on any atom is 0.320 e. The van der Waals surface area contributed by atoms with Gasteiger partial charge in [0.2, 0.25) is 0 Å². The summed E-state index contributed by atoms with van der Waals surface area (Å²) in [7, 11) is 3.99. The summed E-state index contributed by atoms with van der Waals surface area (Å²) in [6, 6.07) is 7.36. The number of thiophene rings is 1. The monoisotopic (exact) mass is 291 g/mol. The van der Waals surface area contributed by atoms with E-state index >= 15 is 0 Å². The van der Waals surface area contributed by atoms with Crippen LogP contribution in [-0.4, -0.2) is 41.8 Å². The first-order valence-corrected chi connectivity index (χ1v) is 7.07. The SMILES string of the molecule is CN(C)[C@H](CNC(=O)Nc1cccnn1)c1cccs1. The molecule has 2 amide bonds. The van der Waals surface area contributed by atoms with Crippen molar-refractivity contribution in [3.63, 3.8) is 0 Å². The summed E-state index contributed by atoms with van der Waals surface area (Å²) in [5.74, 6) is 0.433. The number of carbonyl (C=O) groups is 1. The number of nitrogens with one attached hydrogen (secondary N) is 2. The van der Waals surface area contributed by atoms with E-state index in [1.54, 1.807) is 29.7 Å². The molecule has 2 heterocycles. The Bertz CT molecular complexity index is 529. The second kappa shape index (κ2) is 6.97. The summed E-state index contributed by atoms with van der Waals surface area (Å²) in [4.78, 5) is 15.1. The molecule has 1 atom stereocenters. The first-order chi connectivity index (χ1) is 9.66. The van der Waals surface area contributed by atoms with Crippen molar-refractivity contribution in [2.24, 2.45) is 0 Å². The van der Waals surface area contributed by atoms with Gasteiger partial charge in [0, 0.05) is 17.6 Å². The zero-order valence-electron chi connectivity index (χ0n) is 11.4. The molecule has 0 spiro atoms. The van der Waals surface area contributed by atoms with Crippen LogP contribution < -0.4 is 10.6 Å². The molecule has 0 bridgehead atoms. The highest BCUT2D eigenvalue weighted by Crippen LogP contribution is 2.22. The van der Waals surface area contributed by atoms with Crippen molar-refractivity contribution in [2.75, 3.05) is 26.0 Å². The third-order valence-corrected chi connectivity index (χ3v) is 3.74. The molecule has 0 saturated heterocycles. The van der Waals surface area contributed by atoms with Gasteiger partial charge >= 0.3 is 6.03 Å². The van der Waals surface area contributed by atoms with E-state index in [1.165, 1.54) is 4.88 Å². The van der Waals surface area contributed by atoms with E-state index in [0.717, 1.165) is 0 Å². The van der Waals surface area contributed by atoms with Crippen LogP contribution in [0.2, 0.25) is 0 Å². The molecular weight excluding hydrogens is 274 g/mol. The number of rotatable bonds is 5. The summed E-state index contributed by atoms with van der Waals surface area (Å²) in [6.45, 7) is 0.527. The van der Waals surface area contributed by atoms with Gasteiger partial charge in [-0.15, -0.1) is 16.4 Å². The molecule has 7 heteroatoms. The van der Waals surface area contributed by atoms with E-state index < -0.39 is 0 Å². The van der Waals surface area contributed by atoms with Crippen molar-refractivity contribution in [3.8, 4) is 0 Å². The van der Waals surface area contributed by atoms with Crippen LogP contribution in [0.25, 0.3) is 0 Å². The summed E-state index contributed by atoms with van der Waals surface area (Å²) < 4.78 is 0. The molecule has 0 aromatic carbocycles. The van der Waals surface area contributed by atoms with Gasteiger partial charge in [0.25, 0.3) is 0 Å². The summed E-state index contributed by atoms with van der Waals surface area (Å²) in [6.07, 6.45) is 1.56. The van der Waals surface area contributed by atoms with Crippen LogP contribution in [-0.2, 0) is 0 Å². The minimum atomic E-state index is -0.283. The van der Waals surface area contributed by atoms with Gasteiger partial charge in [0.05, 0.1) is 6.04 Å². The van der Waals surface area contributed by atoms with Crippen molar-refractivity contribution < 1.29 is 4.79 Å². The molecule has 0 aliphatic heterocycles. The Hall–Kier alpha value is -1.99. The first-order valence-electron chi connectivity index (χ1n) is 6.19. The van der Waals surface area contributed by atoms with Crippen LogP contribution in [0.1, 0.15) is 10.9 Å². The molecule has 106 valence electrons. The Labute approximate surface area is 121 Å². The summed E-state index contributed by atoms with van der Waals surface area (Å²) >= 11 is 1.68. The number of anilines is 1. The van der Waals surface area contributed by atoms with Gasteiger partial charge in [-0.05, 0) is 37.7 Å². The largest absolute Gasteiger partial charge is 0.336 e. The minimum Gasteiger partial charge on any atom is -0.336 e. The minimum absolute atomic E-state index is 0.155. The topological polar surface area (TPSA) is 70.2 Å². The number of aromatic nitrogens is 2. The van der Waals surface area contributed by atoms with Gasteiger partial charge in [-0.1, -0.05) is 6.07 Å². The van der Waals surface area contributed by atoms with Gasteiger partial charge in [0.15, 0.2) is 5.82 Å². The molecular formula is C13H17N5OS. The average Bonchev–Trinajstić information content (AvgIpc) is 2.93. The van der Waals surface area contributed by atoms with E-state index in [9.17, 15) is 4.79 Å². The highest BCUT2D eigenvalue weighted by Gasteiger charge is 2.16. The van der Waals surface area contributed by atoms with Crippen LogP contribution >= 0.6 is 11.3 Å². The number of carbonyl (C=O) groups excluding carboxylic acids is 1. The number of hydrogen-bond donors (Lipinski definition) is 2. The molecule has 0 radical (unpaired) electrons. The Kier molecular flexibility index (Phi) is 5.03. The van der Waals surface area contributed by atoms with Crippen LogP contribution in [0.4, 0.5) is 10.6 Å². The van der Waals surface area contributed by atoms with E-state index in [2.05, 4.69) is 31.8 Å². The summed E-state index contributed by atoms with van der Waals surface area (Å²) in [5.41, 5.74) is 0. The molecule has 20 heavy (non-hydrogen) atoms. The number of hydrogen-bond acceptors (Lipinski definition) is 5. The predicted octanol–water partition coefficient (Wildman–Crippen LogP) is 1.96. The second-order valence-electron chi connectivity index (χ2n) is 4.44. The molecule has 2 aromatic heterocycles.